The van der Waals surface area contributed by atoms with Crippen molar-refractivity contribution in [1.29, 1.82) is 0 Å². The van der Waals surface area contributed by atoms with E-state index in [0.717, 1.165) is 0 Å². The third-order valence-electron chi connectivity index (χ3n) is 1.33. The number of carboxylic acids is 1. The molecule has 0 aromatic heterocycles. The number of nitrogens with one attached hydrogen (secondary N) is 1. The predicted octanol–water partition coefficient (Wildman–Crippen LogP) is -4.20. The molecule has 0 rings (SSSR count). The number of allylic oxidation sites excluding steroid dienone is 1. The summed E-state index contributed by atoms with van der Waals surface area (Å²) in [6, 6.07) is -0.832. The van der Waals surface area contributed by atoms with Crippen molar-refractivity contribution in [3.8, 4) is 0 Å². The average molecular weight is 209 g/mol. The Kier molecular flexibility index (Phi) is 8.93. The van der Waals surface area contributed by atoms with Crippen LogP contribution in [0.1, 0.15) is 13.8 Å². The molecule has 0 aliphatic rings. The molecule has 0 aromatic rings. The number of hydrogen-bond donors (Lipinski definition) is 1. The third-order valence-corrected chi connectivity index (χ3v) is 1.33. The molecule has 0 saturated carbocycles. The molecule has 1 atom stereocenters. The summed E-state index contributed by atoms with van der Waals surface area (Å²) in [5.74, 6) is -1.76. The molecule has 1 N–H and O–H groups in total. The summed E-state index contributed by atoms with van der Waals surface area (Å²) in [6.45, 7) is 2.99. The van der Waals surface area contributed by atoms with E-state index in [1.807, 2.05) is 0 Å². The number of esters is 1. The van der Waals surface area contributed by atoms with Crippen molar-refractivity contribution in [3.05, 3.63) is 11.8 Å². The molecule has 5 nitrogen and oxygen atoms in total. The number of aliphatic carboxylic acids is 1. The quantitative estimate of drug-likeness (QED) is 0.288. The Bertz CT molecular complexity index is 239. The number of ether oxygens (including phenoxy) is 1. The second kappa shape index (κ2) is 7.84. The van der Waals surface area contributed by atoms with Gasteiger partial charge in [-0.1, -0.05) is 0 Å². The van der Waals surface area contributed by atoms with E-state index >= 15 is 0 Å². The van der Waals surface area contributed by atoms with Crippen LogP contribution >= 0.6 is 0 Å². The summed E-state index contributed by atoms with van der Waals surface area (Å²) in [7, 11) is 1.24. The zero-order chi connectivity index (χ0) is 10.4. The van der Waals surface area contributed by atoms with Crippen LogP contribution in [0.15, 0.2) is 11.8 Å². The van der Waals surface area contributed by atoms with Crippen LogP contribution in [-0.2, 0) is 14.3 Å². The monoisotopic (exact) mass is 209 g/mol. The summed E-state index contributed by atoms with van der Waals surface area (Å²) in [5, 5.41) is 12.8. The third kappa shape index (κ3) is 6.94. The summed E-state index contributed by atoms with van der Waals surface area (Å²) in [6.07, 6.45) is 1.17. The van der Waals surface area contributed by atoms with Gasteiger partial charge in [0.15, 0.2) is 0 Å². The van der Waals surface area contributed by atoms with Gasteiger partial charge in [-0.05, 0) is 13.8 Å². The van der Waals surface area contributed by atoms with E-state index in [2.05, 4.69) is 10.1 Å². The van der Waals surface area contributed by atoms with Gasteiger partial charge in [-0.3, -0.25) is 0 Å². The van der Waals surface area contributed by atoms with Gasteiger partial charge >= 0.3 is 35.5 Å². The summed E-state index contributed by atoms with van der Waals surface area (Å²) < 4.78 is 4.34. The van der Waals surface area contributed by atoms with Gasteiger partial charge in [-0.2, -0.15) is 0 Å². The summed E-state index contributed by atoms with van der Waals surface area (Å²) in [4.78, 5) is 20.9. The molecular weight excluding hydrogens is 197 g/mol. The van der Waals surface area contributed by atoms with E-state index < -0.39 is 18.0 Å². The van der Waals surface area contributed by atoms with Crippen molar-refractivity contribution in [1.82, 2.24) is 5.32 Å². The van der Waals surface area contributed by atoms with E-state index in [9.17, 15) is 14.7 Å². The largest absolute Gasteiger partial charge is 1.00 e. The maximum atomic E-state index is 10.7. The van der Waals surface area contributed by atoms with Crippen molar-refractivity contribution in [2.24, 2.45) is 0 Å². The van der Waals surface area contributed by atoms with Gasteiger partial charge in [0.2, 0.25) is 0 Å². The maximum absolute atomic E-state index is 10.7. The van der Waals surface area contributed by atoms with Gasteiger partial charge in [-0.25, -0.2) is 4.79 Å². The molecule has 14 heavy (non-hydrogen) atoms. The van der Waals surface area contributed by atoms with Gasteiger partial charge in [0, 0.05) is 11.8 Å². The van der Waals surface area contributed by atoms with Crippen LogP contribution in [0.25, 0.3) is 0 Å². The molecule has 0 heterocycles. The number of methoxy groups -OCH3 is 1. The number of carbonyl (C=O) groups excluding carboxylic acids is 2. The Morgan fingerprint density at radius 1 is 1.50 bits per heavy atom. The van der Waals surface area contributed by atoms with Crippen molar-refractivity contribution in [3.63, 3.8) is 0 Å². The molecule has 0 radical (unpaired) electrons. The van der Waals surface area contributed by atoms with Gasteiger partial charge in [-0.15, -0.1) is 0 Å². The molecule has 74 valence electrons. The minimum Gasteiger partial charge on any atom is -0.548 e. The van der Waals surface area contributed by atoms with Crippen LogP contribution in [0.4, 0.5) is 0 Å². The first kappa shape index (κ1) is 15.9. The number of carboxylic acid groups (broad SMARTS) is 1. The molecule has 0 amide bonds. The predicted molar refractivity (Wildman–Crippen MR) is 43.4 cm³/mol. The fourth-order valence-electron chi connectivity index (χ4n) is 0.678. The molecule has 0 aromatic carbocycles. The van der Waals surface area contributed by atoms with Crippen molar-refractivity contribution in [2.45, 2.75) is 19.9 Å². The summed E-state index contributed by atoms with van der Waals surface area (Å²) >= 11 is 0. The topological polar surface area (TPSA) is 78.5 Å². The SMILES string of the molecule is COC(=O)/C=C(/C)N[C@@H](C)C(=O)[O-].[Na+]. The minimum atomic E-state index is -1.22. The zero-order valence-electron chi connectivity index (χ0n) is 8.79. The normalized spacial score (nSPS) is 12.4. The fraction of sp³-hybridized carbons (Fsp3) is 0.500. The van der Waals surface area contributed by atoms with E-state index in [1.165, 1.54) is 20.1 Å². The molecule has 0 saturated heterocycles. The Balaban J connectivity index is 0. The van der Waals surface area contributed by atoms with Crippen molar-refractivity contribution < 1.29 is 49.0 Å². The maximum Gasteiger partial charge on any atom is 1.00 e. The van der Waals surface area contributed by atoms with Crippen LogP contribution in [0.2, 0.25) is 0 Å². The Morgan fingerprint density at radius 3 is 2.36 bits per heavy atom. The molecule has 0 fully saturated rings. The second-order valence-electron chi connectivity index (χ2n) is 2.54. The number of hydrogen-bond acceptors (Lipinski definition) is 5. The molecule has 0 aliphatic heterocycles. The fourth-order valence-corrected chi connectivity index (χ4v) is 0.678. The smallest absolute Gasteiger partial charge is 0.548 e. The van der Waals surface area contributed by atoms with Crippen LogP contribution in [0, 0.1) is 0 Å². The molecule has 0 aliphatic carbocycles. The first-order valence-electron chi connectivity index (χ1n) is 3.71. The van der Waals surface area contributed by atoms with Crippen molar-refractivity contribution in [2.75, 3.05) is 7.11 Å². The second-order valence-corrected chi connectivity index (χ2v) is 2.54. The molecule has 0 unspecified atom stereocenters. The first-order chi connectivity index (χ1) is 5.97. The van der Waals surface area contributed by atoms with Gasteiger partial charge < -0.3 is 20.0 Å². The Labute approximate surface area is 105 Å². The van der Waals surface area contributed by atoms with E-state index in [1.54, 1.807) is 6.92 Å². The van der Waals surface area contributed by atoms with E-state index in [-0.39, 0.29) is 29.6 Å². The first-order valence-corrected chi connectivity index (χ1v) is 3.71. The molecule has 0 spiro atoms. The van der Waals surface area contributed by atoms with E-state index in [0.29, 0.717) is 5.70 Å². The number of rotatable bonds is 4. The van der Waals surface area contributed by atoms with Crippen LogP contribution in [-0.4, -0.2) is 25.1 Å². The van der Waals surface area contributed by atoms with Crippen LogP contribution in [0.5, 0.6) is 0 Å². The van der Waals surface area contributed by atoms with E-state index in [4.69, 9.17) is 0 Å². The molecule has 6 heteroatoms. The molecule has 0 bridgehead atoms. The Hall–Kier alpha value is -0.520. The average Bonchev–Trinajstić information content (AvgIpc) is 2.03. The number of carbonyl (C=O) groups is 2. The van der Waals surface area contributed by atoms with Crippen LogP contribution in [0.3, 0.4) is 0 Å². The Morgan fingerprint density at radius 2 is 2.00 bits per heavy atom. The minimum absolute atomic E-state index is 0. The zero-order valence-corrected chi connectivity index (χ0v) is 10.8. The van der Waals surface area contributed by atoms with Gasteiger partial charge in [0.05, 0.1) is 19.1 Å². The molecular formula is C8H12NNaO4. The van der Waals surface area contributed by atoms with Gasteiger partial charge in [0.1, 0.15) is 0 Å². The summed E-state index contributed by atoms with van der Waals surface area (Å²) in [5.41, 5.74) is 0.420. The van der Waals surface area contributed by atoms with Crippen molar-refractivity contribution >= 4 is 11.9 Å². The standard InChI is InChI=1S/C8H13NO4.Na/c1-5(4-7(10)13-3)9-6(2)8(11)12;/h4,6,9H,1-3H3,(H,11,12);/q;+1/p-1/b5-4-;/t6-;/m0./s1. The van der Waals surface area contributed by atoms with Gasteiger partial charge in [0.25, 0.3) is 0 Å². The van der Waals surface area contributed by atoms with Crippen LogP contribution < -0.4 is 40.0 Å².